The summed E-state index contributed by atoms with van der Waals surface area (Å²) in [6.07, 6.45) is 0.886. The average Bonchev–Trinajstić information content (AvgIpc) is 3.42. The fourth-order valence-electron chi connectivity index (χ4n) is 2.88. The van der Waals surface area contributed by atoms with Crippen LogP contribution in [-0.2, 0) is 6.42 Å². The van der Waals surface area contributed by atoms with Gasteiger partial charge in [0, 0.05) is 44.1 Å². The first kappa shape index (κ1) is 16.6. The zero-order valence-corrected chi connectivity index (χ0v) is 15.9. The van der Waals surface area contributed by atoms with Gasteiger partial charge in [0.05, 0.1) is 10.9 Å². The Morgan fingerprint density at radius 1 is 1.24 bits per heavy atom. The molecule has 0 aliphatic carbocycles. The molecule has 1 aliphatic heterocycles. The van der Waals surface area contributed by atoms with Gasteiger partial charge in [0.1, 0.15) is 5.82 Å². The number of hydrogen-bond acceptors (Lipinski definition) is 9. The maximum atomic E-state index is 5.50. The molecule has 3 aromatic heterocycles. The lowest BCUT2D eigenvalue weighted by atomic mass is 10.2. The summed E-state index contributed by atoms with van der Waals surface area (Å²) in [5, 5.41) is 7.17. The molecule has 25 heavy (non-hydrogen) atoms. The summed E-state index contributed by atoms with van der Waals surface area (Å²) in [6, 6.07) is 4.12. The van der Waals surface area contributed by atoms with Crippen LogP contribution in [-0.4, -0.2) is 50.6 Å². The van der Waals surface area contributed by atoms with Gasteiger partial charge >= 0.3 is 0 Å². The molecule has 1 atom stereocenters. The van der Waals surface area contributed by atoms with Crippen LogP contribution in [0, 0.1) is 0 Å². The van der Waals surface area contributed by atoms with Crippen molar-refractivity contribution in [1.82, 2.24) is 24.4 Å². The Kier molecular flexibility index (Phi) is 4.78. The number of hydrogen-bond donors (Lipinski definition) is 0. The lowest BCUT2D eigenvalue weighted by Gasteiger charge is -2.36. The smallest absolute Gasteiger partial charge is 0.244 e. The SMILES string of the molecule is CCc1nsc(N2CCN(C(C)c3nc(-c4cccs4)no3)CC2)n1. The van der Waals surface area contributed by atoms with Crippen LogP contribution in [0.15, 0.2) is 22.0 Å². The van der Waals surface area contributed by atoms with Crippen molar-refractivity contribution in [3.8, 4) is 10.7 Å². The molecular formula is C16H20N6OS2. The zero-order chi connectivity index (χ0) is 17.2. The van der Waals surface area contributed by atoms with E-state index in [4.69, 9.17) is 4.52 Å². The number of aryl methyl sites for hydroxylation is 1. The Hall–Kier alpha value is -1.84. The number of aromatic nitrogens is 4. The number of thiophene rings is 1. The highest BCUT2D eigenvalue weighted by Gasteiger charge is 2.27. The average molecular weight is 377 g/mol. The summed E-state index contributed by atoms with van der Waals surface area (Å²) in [5.74, 6) is 2.29. The van der Waals surface area contributed by atoms with E-state index in [1.807, 2.05) is 17.5 Å². The monoisotopic (exact) mass is 376 g/mol. The van der Waals surface area contributed by atoms with Gasteiger partial charge in [0.25, 0.3) is 0 Å². The van der Waals surface area contributed by atoms with Crippen molar-refractivity contribution in [3.05, 3.63) is 29.2 Å². The molecule has 0 bridgehead atoms. The third kappa shape index (κ3) is 3.44. The minimum atomic E-state index is 0.115. The van der Waals surface area contributed by atoms with E-state index >= 15 is 0 Å². The van der Waals surface area contributed by atoms with Gasteiger partial charge in [-0.15, -0.1) is 11.3 Å². The van der Waals surface area contributed by atoms with E-state index < -0.39 is 0 Å². The second-order valence-electron chi connectivity index (χ2n) is 5.98. The van der Waals surface area contributed by atoms with Gasteiger partial charge in [-0.25, -0.2) is 4.98 Å². The fourth-order valence-corrected chi connectivity index (χ4v) is 4.33. The molecule has 0 saturated carbocycles. The van der Waals surface area contributed by atoms with Gasteiger partial charge in [0.2, 0.25) is 16.8 Å². The summed E-state index contributed by atoms with van der Waals surface area (Å²) in [7, 11) is 0. The Labute approximate surface area is 154 Å². The van der Waals surface area contributed by atoms with Crippen molar-refractivity contribution in [2.45, 2.75) is 26.3 Å². The second-order valence-corrected chi connectivity index (χ2v) is 7.66. The summed E-state index contributed by atoms with van der Waals surface area (Å²) >= 11 is 3.12. The Morgan fingerprint density at radius 2 is 2.08 bits per heavy atom. The summed E-state index contributed by atoms with van der Waals surface area (Å²) < 4.78 is 9.88. The largest absolute Gasteiger partial charge is 0.344 e. The highest BCUT2D eigenvalue weighted by Crippen LogP contribution is 2.27. The molecule has 0 spiro atoms. The predicted octanol–water partition coefficient (Wildman–Crippen LogP) is 3.10. The van der Waals surface area contributed by atoms with Gasteiger partial charge in [0.15, 0.2) is 0 Å². The van der Waals surface area contributed by atoms with Gasteiger partial charge in [-0.1, -0.05) is 18.1 Å². The van der Waals surface area contributed by atoms with E-state index in [1.54, 1.807) is 11.3 Å². The van der Waals surface area contributed by atoms with Crippen LogP contribution in [0.5, 0.6) is 0 Å². The molecule has 0 amide bonds. The molecule has 9 heteroatoms. The van der Waals surface area contributed by atoms with Gasteiger partial charge in [-0.2, -0.15) is 9.36 Å². The second kappa shape index (κ2) is 7.19. The molecule has 4 rings (SSSR count). The van der Waals surface area contributed by atoms with Crippen LogP contribution in [0.4, 0.5) is 5.13 Å². The molecule has 3 aromatic rings. The van der Waals surface area contributed by atoms with E-state index in [0.29, 0.717) is 11.7 Å². The van der Waals surface area contributed by atoms with Gasteiger partial charge < -0.3 is 9.42 Å². The Balaban J connectivity index is 1.38. The van der Waals surface area contributed by atoms with E-state index in [9.17, 15) is 0 Å². The highest BCUT2D eigenvalue weighted by atomic mass is 32.1. The summed E-state index contributed by atoms with van der Waals surface area (Å²) in [4.78, 5) is 14.9. The van der Waals surface area contributed by atoms with Crippen molar-refractivity contribution in [3.63, 3.8) is 0 Å². The van der Waals surface area contributed by atoms with Crippen LogP contribution in [0.1, 0.15) is 31.6 Å². The topological polar surface area (TPSA) is 71.2 Å². The zero-order valence-electron chi connectivity index (χ0n) is 14.3. The number of anilines is 1. The minimum absolute atomic E-state index is 0.115. The Bertz CT molecular complexity index is 806. The molecule has 0 N–H and O–H groups in total. The van der Waals surface area contributed by atoms with E-state index in [2.05, 4.69) is 43.1 Å². The molecule has 132 valence electrons. The van der Waals surface area contributed by atoms with Crippen molar-refractivity contribution in [2.75, 3.05) is 31.1 Å². The van der Waals surface area contributed by atoms with Gasteiger partial charge in [-0.05, 0) is 18.4 Å². The van der Waals surface area contributed by atoms with Gasteiger partial charge in [-0.3, -0.25) is 4.90 Å². The first-order valence-corrected chi connectivity index (χ1v) is 10.1. The maximum Gasteiger partial charge on any atom is 0.244 e. The lowest BCUT2D eigenvalue weighted by Crippen LogP contribution is -2.47. The first-order valence-electron chi connectivity index (χ1n) is 8.43. The van der Waals surface area contributed by atoms with Crippen LogP contribution >= 0.6 is 22.9 Å². The third-order valence-electron chi connectivity index (χ3n) is 4.45. The molecular weight excluding hydrogens is 356 g/mol. The van der Waals surface area contributed by atoms with Crippen LogP contribution in [0.3, 0.4) is 0 Å². The van der Waals surface area contributed by atoms with Crippen LogP contribution in [0.2, 0.25) is 0 Å². The Morgan fingerprint density at radius 3 is 2.76 bits per heavy atom. The molecule has 4 heterocycles. The van der Waals surface area contributed by atoms with Crippen LogP contribution in [0.25, 0.3) is 10.7 Å². The van der Waals surface area contributed by atoms with Crippen molar-refractivity contribution >= 4 is 28.0 Å². The third-order valence-corrected chi connectivity index (χ3v) is 6.13. The molecule has 1 aliphatic rings. The molecule has 1 saturated heterocycles. The number of nitrogens with zero attached hydrogens (tertiary/aromatic N) is 6. The molecule has 0 radical (unpaired) electrons. The quantitative estimate of drug-likeness (QED) is 0.677. The summed E-state index contributed by atoms with van der Waals surface area (Å²) in [5.41, 5.74) is 0. The predicted molar refractivity (Wildman–Crippen MR) is 99.1 cm³/mol. The molecule has 0 aromatic carbocycles. The lowest BCUT2D eigenvalue weighted by molar-refractivity contribution is 0.164. The number of rotatable bonds is 5. The molecule has 1 unspecified atom stereocenters. The van der Waals surface area contributed by atoms with E-state index in [0.717, 1.165) is 48.4 Å². The van der Waals surface area contributed by atoms with Crippen molar-refractivity contribution in [2.24, 2.45) is 0 Å². The van der Waals surface area contributed by atoms with Crippen molar-refractivity contribution in [1.29, 1.82) is 0 Å². The number of piperazine rings is 1. The van der Waals surface area contributed by atoms with E-state index in [-0.39, 0.29) is 6.04 Å². The van der Waals surface area contributed by atoms with Crippen molar-refractivity contribution < 1.29 is 4.52 Å². The maximum absolute atomic E-state index is 5.50. The normalized spacial score (nSPS) is 17.1. The molecule has 1 fully saturated rings. The van der Waals surface area contributed by atoms with Crippen LogP contribution < -0.4 is 4.90 Å². The van der Waals surface area contributed by atoms with E-state index in [1.165, 1.54) is 11.5 Å². The fraction of sp³-hybridized carbons (Fsp3) is 0.500. The highest BCUT2D eigenvalue weighted by molar-refractivity contribution is 7.13. The molecule has 7 nitrogen and oxygen atoms in total. The first-order chi connectivity index (χ1) is 12.2. The standard InChI is InChI=1S/C16H20N6OS2/c1-3-13-17-16(25-20-13)22-8-6-21(7-9-22)11(2)15-18-14(19-23-15)12-5-4-10-24-12/h4-5,10-11H,3,6-9H2,1-2H3. The minimum Gasteiger partial charge on any atom is -0.344 e. The summed E-state index contributed by atoms with van der Waals surface area (Å²) in [6.45, 7) is 7.98.